The molecule has 2 aliphatic rings. The SMILES string of the molecule is CN(CC1COc2ccccc2O1)C(=O)CSc1nnc(C2CC2)n1N. The summed E-state index contributed by atoms with van der Waals surface area (Å²) in [7, 11) is 1.76. The molecule has 1 fully saturated rings. The zero-order chi connectivity index (χ0) is 18.1. The maximum atomic E-state index is 12.4. The maximum Gasteiger partial charge on any atom is 0.232 e. The zero-order valence-electron chi connectivity index (χ0n) is 14.5. The second kappa shape index (κ2) is 7.06. The molecule has 26 heavy (non-hydrogen) atoms. The van der Waals surface area contributed by atoms with E-state index in [1.165, 1.54) is 16.4 Å². The quantitative estimate of drug-likeness (QED) is 0.600. The van der Waals surface area contributed by atoms with Gasteiger partial charge in [0.15, 0.2) is 23.4 Å². The highest BCUT2D eigenvalue weighted by molar-refractivity contribution is 7.99. The third-order valence-corrected chi connectivity index (χ3v) is 5.36. The molecule has 2 heterocycles. The van der Waals surface area contributed by atoms with Crippen LogP contribution < -0.4 is 15.3 Å². The highest BCUT2D eigenvalue weighted by atomic mass is 32.2. The van der Waals surface area contributed by atoms with Crippen LogP contribution in [0.4, 0.5) is 0 Å². The molecule has 0 bridgehead atoms. The summed E-state index contributed by atoms with van der Waals surface area (Å²) in [6.07, 6.45) is 2.02. The smallest absolute Gasteiger partial charge is 0.232 e. The predicted molar refractivity (Wildman–Crippen MR) is 96.9 cm³/mol. The lowest BCUT2D eigenvalue weighted by atomic mass is 10.2. The Balaban J connectivity index is 1.28. The number of carbonyl (C=O) groups is 1. The average Bonchev–Trinajstić information content (AvgIpc) is 3.43. The first kappa shape index (κ1) is 17.0. The number of nitrogen functional groups attached to an aromatic ring is 1. The van der Waals surface area contributed by atoms with Crippen LogP contribution in [-0.4, -0.2) is 57.7 Å². The zero-order valence-corrected chi connectivity index (χ0v) is 15.3. The van der Waals surface area contributed by atoms with Gasteiger partial charge < -0.3 is 20.2 Å². The van der Waals surface area contributed by atoms with E-state index >= 15 is 0 Å². The number of benzene rings is 1. The molecule has 1 aromatic heterocycles. The number of likely N-dealkylation sites (N-methyl/N-ethyl adjacent to an activating group) is 1. The fourth-order valence-corrected chi connectivity index (χ4v) is 3.61. The average molecular weight is 375 g/mol. The molecule has 2 N–H and O–H groups in total. The summed E-state index contributed by atoms with van der Waals surface area (Å²) in [6.45, 7) is 0.875. The van der Waals surface area contributed by atoms with Gasteiger partial charge in [0.1, 0.15) is 6.61 Å². The van der Waals surface area contributed by atoms with Gasteiger partial charge in [-0.3, -0.25) is 4.79 Å². The van der Waals surface area contributed by atoms with Gasteiger partial charge in [-0.1, -0.05) is 23.9 Å². The molecule has 1 atom stereocenters. The Morgan fingerprint density at radius 2 is 2.12 bits per heavy atom. The highest BCUT2D eigenvalue weighted by Crippen LogP contribution is 2.39. The van der Waals surface area contributed by atoms with Crippen molar-refractivity contribution in [2.24, 2.45) is 0 Å². The minimum Gasteiger partial charge on any atom is -0.486 e. The lowest BCUT2D eigenvalue weighted by Gasteiger charge is -2.29. The van der Waals surface area contributed by atoms with Gasteiger partial charge in [-0.15, -0.1) is 10.2 Å². The van der Waals surface area contributed by atoms with Crippen LogP contribution in [-0.2, 0) is 4.79 Å². The van der Waals surface area contributed by atoms with Gasteiger partial charge in [0.05, 0.1) is 12.3 Å². The van der Waals surface area contributed by atoms with Gasteiger partial charge in [-0.2, -0.15) is 0 Å². The van der Waals surface area contributed by atoms with E-state index < -0.39 is 0 Å². The minimum atomic E-state index is -0.191. The molecule has 1 amide bonds. The van der Waals surface area contributed by atoms with Crippen LogP contribution >= 0.6 is 11.8 Å². The van der Waals surface area contributed by atoms with Crippen LogP contribution in [0, 0.1) is 0 Å². The number of para-hydroxylation sites is 2. The molecule has 0 spiro atoms. The summed E-state index contributed by atoms with van der Waals surface area (Å²) >= 11 is 1.30. The Morgan fingerprint density at radius 1 is 1.35 bits per heavy atom. The van der Waals surface area contributed by atoms with E-state index in [9.17, 15) is 4.79 Å². The lowest BCUT2D eigenvalue weighted by molar-refractivity contribution is -0.128. The number of amides is 1. The summed E-state index contributed by atoms with van der Waals surface area (Å²) < 4.78 is 13.1. The summed E-state index contributed by atoms with van der Waals surface area (Å²) in [5, 5.41) is 8.77. The Labute approximate surface area is 155 Å². The van der Waals surface area contributed by atoms with Gasteiger partial charge in [0.2, 0.25) is 11.1 Å². The van der Waals surface area contributed by atoms with Crippen LogP contribution in [0.2, 0.25) is 0 Å². The molecule has 1 aliphatic carbocycles. The van der Waals surface area contributed by atoms with Crippen molar-refractivity contribution in [3.8, 4) is 11.5 Å². The van der Waals surface area contributed by atoms with Crippen LogP contribution in [0.1, 0.15) is 24.6 Å². The van der Waals surface area contributed by atoms with E-state index in [1.54, 1.807) is 11.9 Å². The molecule has 0 radical (unpaired) electrons. The molecule has 1 unspecified atom stereocenters. The standard InChI is InChI=1S/C17H21N5O3S/c1-21(8-12-9-24-13-4-2-3-5-14(13)25-12)15(23)10-26-17-20-19-16(22(17)18)11-6-7-11/h2-5,11-12H,6-10,18H2,1H3. The van der Waals surface area contributed by atoms with Crippen molar-refractivity contribution in [3.63, 3.8) is 0 Å². The Hall–Kier alpha value is -2.42. The minimum absolute atomic E-state index is 0.0200. The maximum absolute atomic E-state index is 12.4. The lowest BCUT2D eigenvalue weighted by Crippen LogP contribution is -2.42. The van der Waals surface area contributed by atoms with Crippen molar-refractivity contribution in [1.29, 1.82) is 0 Å². The van der Waals surface area contributed by atoms with Crippen molar-refractivity contribution in [2.45, 2.75) is 30.0 Å². The first-order chi connectivity index (χ1) is 12.6. The van der Waals surface area contributed by atoms with E-state index in [-0.39, 0.29) is 17.8 Å². The van der Waals surface area contributed by atoms with E-state index in [1.807, 2.05) is 24.3 Å². The second-order valence-electron chi connectivity index (χ2n) is 6.55. The normalized spacial score (nSPS) is 18.6. The Bertz CT molecular complexity index is 807. The van der Waals surface area contributed by atoms with Gasteiger partial charge in [-0.05, 0) is 25.0 Å². The first-order valence-electron chi connectivity index (χ1n) is 8.57. The van der Waals surface area contributed by atoms with Crippen LogP contribution in [0.25, 0.3) is 0 Å². The highest BCUT2D eigenvalue weighted by Gasteiger charge is 2.30. The predicted octanol–water partition coefficient (Wildman–Crippen LogP) is 1.26. The van der Waals surface area contributed by atoms with Crippen molar-refractivity contribution in [3.05, 3.63) is 30.1 Å². The summed E-state index contributed by atoms with van der Waals surface area (Å²) in [6, 6.07) is 7.54. The summed E-state index contributed by atoms with van der Waals surface area (Å²) in [5.41, 5.74) is 0. The monoisotopic (exact) mass is 375 g/mol. The van der Waals surface area contributed by atoms with Crippen LogP contribution in [0.3, 0.4) is 0 Å². The molecular weight excluding hydrogens is 354 g/mol. The van der Waals surface area contributed by atoms with E-state index in [0.29, 0.717) is 30.0 Å². The number of fused-ring (bicyclic) bond motifs is 1. The van der Waals surface area contributed by atoms with E-state index in [2.05, 4.69) is 10.2 Å². The number of ether oxygens (including phenoxy) is 2. The number of nitrogens with zero attached hydrogens (tertiary/aromatic N) is 4. The van der Waals surface area contributed by atoms with Gasteiger partial charge in [0, 0.05) is 13.0 Å². The molecule has 2 aromatic rings. The Kier molecular flexibility index (Phi) is 4.62. The molecule has 1 aromatic carbocycles. The summed E-state index contributed by atoms with van der Waals surface area (Å²) in [5.74, 6) is 8.92. The van der Waals surface area contributed by atoms with Crippen molar-refractivity contribution in [2.75, 3.05) is 31.8 Å². The fourth-order valence-electron chi connectivity index (χ4n) is 2.80. The number of nitrogens with two attached hydrogens (primary N) is 1. The number of hydrogen-bond donors (Lipinski definition) is 1. The number of carbonyl (C=O) groups excluding carboxylic acids is 1. The fraction of sp³-hybridized carbons (Fsp3) is 0.471. The molecule has 1 saturated carbocycles. The topological polar surface area (TPSA) is 95.5 Å². The number of aromatic nitrogens is 3. The molecule has 1 aliphatic heterocycles. The van der Waals surface area contributed by atoms with Gasteiger partial charge >= 0.3 is 0 Å². The van der Waals surface area contributed by atoms with E-state index in [4.69, 9.17) is 15.3 Å². The van der Waals surface area contributed by atoms with Crippen molar-refractivity contribution in [1.82, 2.24) is 19.8 Å². The largest absolute Gasteiger partial charge is 0.486 e. The van der Waals surface area contributed by atoms with Gasteiger partial charge in [-0.25, -0.2) is 4.68 Å². The third-order valence-electron chi connectivity index (χ3n) is 4.43. The van der Waals surface area contributed by atoms with Crippen LogP contribution in [0.15, 0.2) is 29.4 Å². The van der Waals surface area contributed by atoms with Crippen LogP contribution in [0.5, 0.6) is 11.5 Å². The molecule has 9 heteroatoms. The molecule has 8 nitrogen and oxygen atoms in total. The third kappa shape index (κ3) is 3.57. The van der Waals surface area contributed by atoms with Crippen molar-refractivity contribution >= 4 is 17.7 Å². The summed E-state index contributed by atoms with van der Waals surface area (Å²) in [4.78, 5) is 14.1. The van der Waals surface area contributed by atoms with Gasteiger partial charge in [0.25, 0.3) is 0 Å². The molecule has 0 saturated heterocycles. The number of thioether (sulfide) groups is 1. The number of hydrogen-bond acceptors (Lipinski definition) is 7. The van der Waals surface area contributed by atoms with E-state index in [0.717, 1.165) is 24.4 Å². The molecular formula is C17H21N5O3S. The van der Waals surface area contributed by atoms with Crippen molar-refractivity contribution < 1.29 is 14.3 Å². The molecule has 4 rings (SSSR count). The Morgan fingerprint density at radius 3 is 2.88 bits per heavy atom. The molecule has 138 valence electrons. The first-order valence-corrected chi connectivity index (χ1v) is 9.56. The number of rotatable bonds is 6. The second-order valence-corrected chi connectivity index (χ2v) is 7.49.